The Labute approximate surface area is 89.6 Å². The van der Waals surface area contributed by atoms with Crippen LogP contribution in [0.1, 0.15) is 13.3 Å². The van der Waals surface area contributed by atoms with Gasteiger partial charge in [0.25, 0.3) is 0 Å². The maximum Gasteiger partial charge on any atom is 0.146 e. The van der Waals surface area contributed by atoms with E-state index >= 15 is 0 Å². The minimum Gasteiger partial charge on any atom is -0.505 e. The zero-order chi connectivity index (χ0) is 10.7. The lowest BCUT2D eigenvalue weighted by Crippen LogP contribution is -1.99. The van der Waals surface area contributed by atoms with Gasteiger partial charge in [-0.25, -0.2) is 0 Å². The van der Waals surface area contributed by atoms with Gasteiger partial charge in [0, 0.05) is 11.9 Å². The molecule has 0 unspecified atom stereocenters. The smallest absolute Gasteiger partial charge is 0.146 e. The van der Waals surface area contributed by atoms with Crippen LogP contribution in [-0.2, 0) is 0 Å². The van der Waals surface area contributed by atoms with E-state index < -0.39 is 0 Å². The second kappa shape index (κ2) is 4.22. The summed E-state index contributed by atoms with van der Waals surface area (Å²) in [6, 6.07) is 11.8. The maximum atomic E-state index is 10.0. The van der Waals surface area contributed by atoms with Crippen molar-refractivity contribution in [2.75, 3.05) is 11.9 Å². The minimum atomic E-state index is 0.349. The summed E-state index contributed by atoms with van der Waals surface area (Å²) in [4.78, 5) is 0. The monoisotopic (exact) mass is 201 g/mol. The highest BCUT2D eigenvalue weighted by molar-refractivity contribution is 5.92. The number of rotatable bonds is 3. The zero-order valence-electron chi connectivity index (χ0n) is 8.83. The maximum absolute atomic E-state index is 10.0. The molecule has 0 heterocycles. The van der Waals surface area contributed by atoms with Crippen molar-refractivity contribution in [3.63, 3.8) is 0 Å². The first-order valence-corrected chi connectivity index (χ1v) is 5.27. The van der Waals surface area contributed by atoms with Gasteiger partial charge in [0.15, 0.2) is 0 Å². The van der Waals surface area contributed by atoms with Crippen molar-refractivity contribution in [3.05, 3.63) is 36.4 Å². The highest BCUT2D eigenvalue weighted by atomic mass is 16.3. The van der Waals surface area contributed by atoms with Crippen LogP contribution in [0.3, 0.4) is 0 Å². The lowest BCUT2D eigenvalue weighted by Gasteiger charge is -2.09. The molecular weight excluding hydrogens is 186 g/mol. The number of anilines is 1. The summed E-state index contributed by atoms with van der Waals surface area (Å²) in [6.45, 7) is 2.98. The average Bonchev–Trinajstić information content (AvgIpc) is 2.29. The number of fused-ring (bicyclic) bond motifs is 1. The molecule has 2 aromatic carbocycles. The van der Waals surface area contributed by atoms with Gasteiger partial charge >= 0.3 is 0 Å². The first-order valence-electron chi connectivity index (χ1n) is 5.27. The summed E-state index contributed by atoms with van der Waals surface area (Å²) in [5.74, 6) is 0.349. The summed E-state index contributed by atoms with van der Waals surface area (Å²) in [5, 5.41) is 15.2. The van der Waals surface area contributed by atoms with E-state index in [0.29, 0.717) is 5.75 Å². The van der Waals surface area contributed by atoms with Gasteiger partial charge in [0.05, 0.1) is 5.69 Å². The van der Waals surface area contributed by atoms with Crippen LogP contribution in [0.4, 0.5) is 5.69 Å². The van der Waals surface area contributed by atoms with Gasteiger partial charge in [-0.3, -0.25) is 0 Å². The van der Waals surface area contributed by atoms with Crippen LogP contribution in [0.15, 0.2) is 36.4 Å². The molecule has 78 valence electrons. The molecule has 0 aliphatic heterocycles. The third-order valence-corrected chi connectivity index (χ3v) is 2.47. The fraction of sp³-hybridized carbons (Fsp3) is 0.231. The number of phenols is 1. The normalized spacial score (nSPS) is 10.5. The van der Waals surface area contributed by atoms with Gasteiger partial charge in [0.2, 0.25) is 0 Å². The van der Waals surface area contributed by atoms with Gasteiger partial charge in [-0.1, -0.05) is 37.3 Å². The summed E-state index contributed by atoms with van der Waals surface area (Å²) in [6.07, 6.45) is 1.05. The largest absolute Gasteiger partial charge is 0.505 e. The Morgan fingerprint density at radius 2 is 1.93 bits per heavy atom. The Balaban J connectivity index is 2.45. The van der Waals surface area contributed by atoms with E-state index in [9.17, 15) is 5.11 Å². The molecule has 0 bridgehead atoms. The van der Waals surface area contributed by atoms with Crippen molar-refractivity contribution in [1.82, 2.24) is 0 Å². The predicted molar refractivity (Wildman–Crippen MR) is 64.4 cm³/mol. The molecule has 0 aromatic heterocycles. The lowest BCUT2D eigenvalue weighted by molar-refractivity contribution is 0.483. The molecule has 0 saturated carbocycles. The molecule has 0 saturated heterocycles. The molecule has 0 atom stereocenters. The van der Waals surface area contributed by atoms with E-state index in [0.717, 1.165) is 29.4 Å². The second-order valence-electron chi connectivity index (χ2n) is 3.61. The Kier molecular flexibility index (Phi) is 2.77. The predicted octanol–water partition coefficient (Wildman–Crippen LogP) is 3.37. The van der Waals surface area contributed by atoms with Crippen LogP contribution in [0, 0.1) is 0 Å². The summed E-state index contributed by atoms with van der Waals surface area (Å²) in [7, 11) is 0. The van der Waals surface area contributed by atoms with Gasteiger partial charge in [-0.05, 0) is 17.9 Å². The fourth-order valence-electron chi connectivity index (χ4n) is 1.66. The van der Waals surface area contributed by atoms with Gasteiger partial charge in [-0.15, -0.1) is 0 Å². The van der Waals surface area contributed by atoms with Crippen LogP contribution < -0.4 is 5.32 Å². The van der Waals surface area contributed by atoms with Crippen molar-refractivity contribution in [2.45, 2.75) is 13.3 Å². The Bertz CT molecular complexity index is 465. The quantitative estimate of drug-likeness (QED) is 0.746. The second-order valence-corrected chi connectivity index (χ2v) is 3.61. The molecule has 0 aliphatic rings. The molecule has 2 N–H and O–H groups in total. The highest BCUT2D eigenvalue weighted by Crippen LogP contribution is 2.32. The van der Waals surface area contributed by atoms with Gasteiger partial charge < -0.3 is 10.4 Å². The standard InChI is InChI=1S/C13H15NO/c1-2-9-14-12-8-7-10-5-3-4-6-11(10)13(12)15/h3-8,14-15H,2,9H2,1H3. The molecule has 0 amide bonds. The van der Waals surface area contributed by atoms with E-state index in [1.54, 1.807) is 0 Å². The topological polar surface area (TPSA) is 32.3 Å². The number of phenolic OH excluding ortho intramolecular Hbond substituents is 1. The lowest BCUT2D eigenvalue weighted by atomic mass is 10.1. The van der Waals surface area contributed by atoms with E-state index in [1.165, 1.54) is 0 Å². The Morgan fingerprint density at radius 3 is 2.73 bits per heavy atom. The minimum absolute atomic E-state index is 0.349. The molecule has 0 fully saturated rings. The van der Waals surface area contributed by atoms with Crippen LogP contribution in [0.2, 0.25) is 0 Å². The van der Waals surface area contributed by atoms with Crippen molar-refractivity contribution >= 4 is 16.5 Å². The van der Waals surface area contributed by atoms with Crippen molar-refractivity contribution < 1.29 is 5.11 Å². The van der Waals surface area contributed by atoms with E-state index in [4.69, 9.17) is 0 Å². The molecule has 2 aromatic rings. The van der Waals surface area contributed by atoms with E-state index in [1.807, 2.05) is 36.4 Å². The van der Waals surface area contributed by atoms with Crippen molar-refractivity contribution in [2.24, 2.45) is 0 Å². The number of hydrogen-bond acceptors (Lipinski definition) is 2. The fourth-order valence-corrected chi connectivity index (χ4v) is 1.66. The van der Waals surface area contributed by atoms with Gasteiger partial charge in [0.1, 0.15) is 5.75 Å². The first kappa shape index (κ1) is 9.84. The third kappa shape index (κ3) is 1.89. The molecule has 2 nitrogen and oxygen atoms in total. The average molecular weight is 201 g/mol. The molecule has 15 heavy (non-hydrogen) atoms. The summed E-state index contributed by atoms with van der Waals surface area (Å²) in [5.41, 5.74) is 0.815. The van der Waals surface area contributed by atoms with Crippen molar-refractivity contribution in [1.29, 1.82) is 0 Å². The number of benzene rings is 2. The number of nitrogens with one attached hydrogen (secondary N) is 1. The van der Waals surface area contributed by atoms with Crippen molar-refractivity contribution in [3.8, 4) is 5.75 Å². The summed E-state index contributed by atoms with van der Waals surface area (Å²) < 4.78 is 0. The van der Waals surface area contributed by atoms with Crippen LogP contribution in [0.5, 0.6) is 5.75 Å². The molecule has 0 radical (unpaired) electrons. The zero-order valence-corrected chi connectivity index (χ0v) is 8.83. The van der Waals surface area contributed by atoms with Gasteiger partial charge in [-0.2, -0.15) is 0 Å². The molecule has 0 spiro atoms. The number of aromatic hydroxyl groups is 1. The third-order valence-electron chi connectivity index (χ3n) is 2.47. The molecule has 2 rings (SSSR count). The number of hydrogen-bond donors (Lipinski definition) is 2. The Morgan fingerprint density at radius 1 is 1.13 bits per heavy atom. The highest BCUT2D eigenvalue weighted by Gasteiger charge is 2.04. The Hall–Kier alpha value is -1.70. The molecule has 0 aliphatic carbocycles. The van der Waals surface area contributed by atoms with E-state index in [-0.39, 0.29) is 0 Å². The molecule has 2 heteroatoms. The SMILES string of the molecule is CCCNc1ccc2ccccc2c1O. The van der Waals surface area contributed by atoms with E-state index in [2.05, 4.69) is 12.2 Å². The first-order chi connectivity index (χ1) is 7.33. The van der Waals surface area contributed by atoms with Crippen LogP contribution >= 0.6 is 0 Å². The van der Waals surface area contributed by atoms with Crippen LogP contribution in [-0.4, -0.2) is 11.7 Å². The molecular formula is C13H15NO. The summed E-state index contributed by atoms with van der Waals surface area (Å²) >= 11 is 0. The van der Waals surface area contributed by atoms with Crippen LogP contribution in [0.25, 0.3) is 10.8 Å².